The molecule has 0 aliphatic rings. The Morgan fingerprint density at radius 3 is 1.07 bits per heavy atom. The summed E-state index contributed by atoms with van der Waals surface area (Å²) in [7, 11) is 0. The third-order valence-electron chi connectivity index (χ3n) is 5.26. The topological polar surface area (TPSA) is 57.5 Å². The SMILES string of the molecule is CCCCCCC(=O)O.CCCCCCCCCCCCCCCCCCO. The van der Waals surface area contributed by atoms with Crippen molar-refractivity contribution < 1.29 is 15.0 Å². The Kier molecular flexibility index (Phi) is 30.3. The number of carboxylic acid groups (broad SMARTS) is 1. The predicted octanol–water partition coefficient (Wildman–Crippen LogP) is 8.28. The molecule has 170 valence electrons. The van der Waals surface area contributed by atoms with Crippen LogP contribution in [0, 0.1) is 0 Å². The average molecular weight is 401 g/mol. The molecule has 0 atom stereocenters. The first-order chi connectivity index (χ1) is 13.7. The number of hydrogen-bond donors (Lipinski definition) is 2. The van der Waals surface area contributed by atoms with E-state index in [1.54, 1.807) is 0 Å². The molecule has 0 aromatic carbocycles. The molecular formula is C25H52O3. The van der Waals surface area contributed by atoms with Gasteiger partial charge >= 0.3 is 5.97 Å². The van der Waals surface area contributed by atoms with Gasteiger partial charge in [0.1, 0.15) is 0 Å². The number of unbranched alkanes of at least 4 members (excludes halogenated alkanes) is 18. The molecule has 3 nitrogen and oxygen atoms in total. The molecule has 0 fully saturated rings. The normalized spacial score (nSPS) is 10.5. The fraction of sp³-hybridized carbons (Fsp3) is 0.960. The maximum Gasteiger partial charge on any atom is 0.303 e. The highest BCUT2D eigenvalue weighted by Gasteiger charge is 1.95. The van der Waals surface area contributed by atoms with Crippen LogP contribution < -0.4 is 0 Å². The summed E-state index contributed by atoms with van der Waals surface area (Å²) in [6.07, 6.45) is 26.7. The number of carbonyl (C=O) groups is 1. The van der Waals surface area contributed by atoms with Gasteiger partial charge in [-0.05, 0) is 12.8 Å². The lowest BCUT2D eigenvalue weighted by atomic mass is 10.0. The summed E-state index contributed by atoms with van der Waals surface area (Å²) < 4.78 is 0. The van der Waals surface area contributed by atoms with Crippen LogP contribution >= 0.6 is 0 Å². The Morgan fingerprint density at radius 2 is 0.786 bits per heavy atom. The minimum atomic E-state index is -0.675. The molecule has 0 heterocycles. The largest absolute Gasteiger partial charge is 0.481 e. The van der Waals surface area contributed by atoms with E-state index < -0.39 is 5.97 Å². The van der Waals surface area contributed by atoms with Crippen LogP contribution in [0.1, 0.15) is 149 Å². The number of rotatable bonds is 21. The van der Waals surface area contributed by atoms with Crippen LogP contribution in [0.2, 0.25) is 0 Å². The van der Waals surface area contributed by atoms with Gasteiger partial charge in [-0.3, -0.25) is 4.79 Å². The molecule has 0 radical (unpaired) electrons. The Hall–Kier alpha value is -0.570. The van der Waals surface area contributed by atoms with Crippen molar-refractivity contribution >= 4 is 5.97 Å². The van der Waals surface area contributed by atoms with E-state index in [4.69, 9.17) is 10.2 Å². The molecule has 0 aromatic heterocycles. The first-order valence-electron chi connectivity index (χ1n) is 12.5. The summed E-state index contributed by atoms with van der Waals surface area (Å²) in [6, 6.07) is 0. The number of carboxylic acids is 1. The van der Waals surface area contributed by atoms with E-state index in [2.05, 4.69) is 13.8 Å². The number of aliphatic hydroxyl groups excluding tert-OH is 1. The van der Waals surface area contributed by atoms with Crippen LogP contribution in [0.4, 0.5) is 0 Å². The molecule has 0 saturated heterocycles. The Bertz CT molecular complexity index is 263. The van der Waals surface area contributed by atoms with Gasteiger partial charge in [-0.25, -0.2) is 0 Å². The lowest BCUT2D eigenvalue weighted by Gasteiger charge is -2.03. The lowest BCUT2D eigenvalue weighted by molar-refractivity contribution is -0.137. The van der Waals surface area contributed by atoms with Gasteiger partial charge in [0.15, 0.2) is 0 Å². The Balaban J connectivity index is 0. The quantitative estimate of drug-likeness (QED) is 0.190. The highest BCUT2D eigenvalue weighted by atomic mass is 16.4. The minimum Gasteiger partial charge on any atom is -0.481 e. The summed E-state index contributed by atoms with van der Waals surface area (Å²) in [4.78, 5) is 9.96. The van der Waals surface area contributed by atoms with Gasteiger partial charge in [0.2, 0.25) is 0 Å². The van der Waals surface area contributed by atoms with Crippen LogP contribution in [0.3, 0.4) is 0 Å². The van der Waals surface area contributed by atoms with Gasteiger partial charge in [0.05, 0.1) is 0 Å². The van der Waals surface area contributed by atoms with E-state index >= 15 is 0 Å². The van der Waals surface area contributed by atoms with E-state index in [0.29, 0.717) is 13.0 Å². The van der Waals surface area contributed by atoms with Crippen molar-refractivity contribution in [2.24, 2.45) is 0 Å². The molecule has 2 N–H and O–H groups in total. The maximum absolute atomic E-state index is 9.96. The second-order valence-corrected chi connectivity index (χ2v) is 8.23. The molecule has 0 amide bonds. The Morgan fingerprint density at radius 1 is 0.500 bits per heavy atom. The molecule has 0 aliphatic carbocycles. The predicted molar refractivity (Wildman–Crippen MR) is 123 cm³/mol. The minimum absolute atomic E-state index is 0.333. The fourth-order valence-corrected chi connectivity index (χ4v) is 3.36. The molecule has 28 heavy (non-hydrogen) atoms. The van der Waals surface area contributed by atoms with Crippen molar-refractivity contribution in [1.82, 2.24) is 0 Å². The van der Waals surface area contributed by atoms with Crippen LogP contribution in [-0.4, -0.2) is 22.8 Å². The summed E-state index contributed by atoms with van der Waals surface area (Å²) in [6.45, 7) is 4.77. The third kappa shape index (κ3) is 33.0. The van der Waals surface area contributed by atoms with Gasteiger partial charge in [0, 0.05) is 13.0 Å². The van der Waals surface area contributed by atoms with E-state index in [-0.39, 0.29) is 0 Å². The molecule has 0 spiro atoms. The monoisotopic (exact) mass is 400 g/mol. The second kappa shape index (κ2) is 28.6. The standard InChI is InChI=1S/C18H38O.C7H14O2/c1-2-3-4-5-6-7-8-9-10-11-12-13-14-15-16-17-18-19;1-2-3-4-5-6-7(8)9/h19H,2-18H2,1H3;2-6H2,1H3,(H,8,9). The summed E-state index contributed by atoms with van der Waals surface area (Å²) in [5.74, 6) is -0.675. The molecular weight excluding hydrogens is 348 g/mol. The molecule has 0 unspecified atom stereocenters. The molecule has 0 bridgehead atoms. The number of aliphatic hydroxyl groups is 1. The fourth-order valence-electron chi connectivity index (χ4n) is 3.36. The van der Waals surface area contributed by atoms with Crippen LogP contribution in [-0.2, 0) is 4.79 Å². The smallest absolute Gasteiger partial charge is 0.303 e. The van der Waals surface area contributed by atoms with Crippen molar-refractivity contribution in [1.29, 1.82) is 0 Å². The zero-order valence-corrected chi connectivity index (χ0v) is 19.4. The van der Waals surface area contributed by atoms with Crippen molar-refractivity contribution in [2.45, 2.75) is 149 Å². The van der Waals surface area contributed by atoms with Crippen LogP contribution in [0.15, 0.2) is 0 Å². The van der Waals surface area contributed by atoms with Crippen molar-refractivity contribution in [2.75, 3.05) is 6.61 Å². The highest BCUT2D eigenvalue weighted by molar-refractivity contribution is 5.66. The lowest BCUT2D eigenvalue weighted by Crippen LogP contribution is -1.92. The first-order valence-corrected chi connectivity index (χ1v) is 12.5. The molecule has 0 aliphatic heterocycles. The molecule has 0 rings (SSSR count). The second-order valence-electron chi connectivity index (χ2n) is 8.23. The van der Waals surface area contributed by atoms with Gasteiger partial charge in [-0.1, -0.05) is 129 Å². The molecule has 3 heteroatoms. The van der Waals surface area contributed by atoms with Gasteiger partial charge < -0.3 is 10.2 Å². The number of hydrogen-bond acceptors (Lipinski definition) is 2. The van der Waals surface area contributed by atoms with Crippen molar-refractivity contribution in [3.63, 3.8) is 0 Å². The van der Waals surface area contributed by atoms with Gasteiger partial charge in [-0.2, -0.15) is 0 Å². The van der Waals surface area contributed by atoms with E-state index in [1.807, 2.05) is 0 Å². The molecule has 0 saturated carbocycles. The maximum atomic E-state index is 9.96. The van der Waals surface area contributed by atoms with Crippen LogP contribution in [0.25, 0.3) is 0 Å². The summed E-state index contributed by atoms with van der Waals surface area (Å²) >= 11 is 0. The highest BCUT2D eigenvalue weighted by Crippen LogP contribution is 2.13. The van der Waals surface area contributed by atoms with Crippen molar-refractivity contribution in [3.8, 4) is 0 Å². The average Bonchev–Trinajstić information content (AvgIpc) is 2.69. The Labute approximate surface area is 176 Å². The zero-order valence-electron chi connectivity index (χ0n) is 19.4. The van der Waals surface area contributed by atoms with Crippen molar-refractivity contribution in [3.05, 3.63) is 0 Å². The van der Waals surface area contributed by atoms with Gasteiger partial charge in [-0.15, -0.1) is 0 Å². The van der Waals surface area contributed by atoms with E-state index in [0.717, 1.165) is 25.7 Å². The van der Waals surface area contributed by atoms with E-state index in [9.17, 15) is 4.79 Å². The number of aliphatic carboxylic acids is 1. The van der Waals surface area contributed by atoms with Crippen LogP contribution in [0.5, 0.6) is 0 Å². The summed E-state index contributed by atoms with van der Waals surface area (Å²) in [5.41, 5.74) is 0. The third-order valence-corrected chi connectivity index (χ3v) is 5.26. The zero-order chi connectivity index (χ0) is 21.1. The van der Waals surface area contributed by atoms with E-state index in [1.165, 1.54) is 103 Å². The molecule has 0 aromatic rings. The first kappa shape index (κ1) is 29.6. The summed E-state index contributed by atoms with van der Waals surface area (Å²) in [5, 5.41) is 16.9. The van der Waals surface area contributed by atoms with Gasteiger partial charge in [0.25, 0.3) is 0 Å².